The maximum atomic E-state index is 13.0. The van der Waals surface area contributed by atoms with Gasteiger partial charge in [-0.2, -0.15) is 5.10 Å². The number of amidine groups is 1. The van der Waals surface area contributed by atoms with E-state index in [2.05, 4.69) is 33.1 Å². The van der Waals surface area contributed by atoms with Gasteiger partial charge in [0.15, 0.2) is 5.17 Å². The van der Waals surface area contributed by atoms with Crippen LogP contribution in [-0.4, -0.2) is 41.7 Å². The van der Waals surface area contributed by atoms with Crippen LogP contribution in [0.3, 0.4) is 0 Å². The molecule has 0 bridgehead atoms. The summed E-state index contributed by atoms with van der Waals surface area (Å²) in [7, 11) is 3.25. The van der Waals surface area contributed by atoms with E-state index in [9.17, 15) is 4.79 Å². The van der Waals surface area contributed by atoms with Gasteiger partial charge in [0.2, 0.25) is 5.91 Å². The number of methoxy groups -OCH3 is 2. The fourth-order valence-electron chi connectivity index (χ4n) is 3.16. The highest BCUT2D eigenvalue weighted by molar-refractivity contribution is 9.10. The van der Waals surface area contributed by atoms with Crippen LogP contribution < -0.4 is 9.47 Å². The Balaban J connectivity index is 1.83. The van der Waals surface area contributed by atoms with Gasteiger partial charge in [0.25, 0.3) is 0 Å². The van der Waals surface area contributed by atoms with Crippen LogP contribution in [0.4, 0.5) is 0 Å². The molecule has 1 atom stereocenters. The summed E-state index contributed by atoms with van der Waals surface area (Å²) in [5.74, 6) is 1.58. The van der Waals surface area contributed by atoms with Gasteiger partial charge in [-0.3, -0.25) is 9.69 Å². The minimum atomic E-state index is -0.118. The first-order valence-electron chi connectivity index (χ1n) is 10.1. The smallest absolute Gasteiger partial charge is 0.242 e. The lowest BCUT2D eigenvalue weighted by Gasteiger charge is -2.16. The number of halogens is 1. The molecule has 1 amide bonds. The molecule has 2 aromatic rings. The van der Waals surface area contributed by atoms with Crippen molar-refractivity contribution in [1.29, 1.82) is 0 Å². The third kappa shape index (κ3) is 6.11. The van der Waals surface area contributed by atoms with Crippen molar-refractivity contribution in [3.63, 3.8) is 0 Å². The standard InChI is InChI=1S/C23H26BrN3O3S/c1-4-5-6-21-22(28)27(15-16-7-10-19(29-2)11-8-16)23(31-21)26-25-14-17-13-18(24)9-12-20(17)30-3/h7-14,21H,4-6,15H2,1-3H3/b25-14+,26-23+. The second kappa shape index (κ2) is 11.3. The number of hydrogen-bond acceptors (Lipinski definition) is 6. The topological polar surface area (TPSA) is 63.5 Å². The summed E-state index contributed by atoms with van der Waals surface area (Å²) in [5.41, 5.74) is 1.82. The van der Waals surface area contributed by atoms with Gasteiger partial charge >= 0.3 is 0 Å². The number of carbonyl (C=O) groups is 1. The van der Waals surface area contributed by atoms with Crippen LogP contribution >= 0.6 is 27.7 Å². The van der Waals surface area contributed by atoms with E-state index >= 15 is 0 Å². The predicted octanol–water partition coefficient (Wildman–Crippen LogP) is 5.49. The summed E-state index contributed by atoms with van der Waals surface area (Å²) in [5, 5.41) is 9.17. The lowest BCUT2D eigenvalue weighted by molar-refractivity contribution is -0.126. The molecule has 1 aliphatic rings. The molecule has 0 N–H and O–H groups in total. The van der Waals surface area contributed by atoms with Crippen LogP contribution in [0.25, 0.3) is 0 Å². The molecule has 0 radical (unpaired) electrons. The van der Waals surface area contributed by atoms with E-state index in [1.54, 1.807) is 25.3 Å². The van der Waals surface area contributed by atoms with Gasteiger partial charge in [-0.05, 0) is 42.3 Å². The number of thioether (sulfide) groups is 1. The lowest BCUT2D eigenvalue weighted by atomic mass is 10.1. The Morgan fingerprint density at radius 1 is 1.16 bits per heavy atom. The molecule has 31 heavy (non-hydrogen) atoms. The van der Waals surface area contributed by atoms with Crippen LogP contribution in [-0.2, 0) is 11.3 Å². The van der Waals surface area contributed by atoms with Crippen molar-refractivity contribution in [1.82, 2.24) is 4.90 Å². The average molecular weight is 504 g/mol. The summed E-state index contributed by atoms with van der Waals surface area (Å²) in [6.07, 6.45) is 4.54. The van der Waals surface area contributed by atoms with Gasteiger partial charge < -0.3 is 9.47 Å². The molecule has 2 aromatic carbocycles. The zero-order valence-corrected chi connectivity index (χ0v) is 20.3. The number of hydrogen-bond donors (Lipinski definition) is 0. The third-order valence-electron chi connectivity index (χ3n) is 4.87. The fourth-order valence-corrected chi connectivity index (χ4v) is 4.69. The van der Waals surface area contributed by atoms with Crippen LogP contribution in [0, 0.1) is 0 Å². The van der Waals surface area contributed by atoms with E-state index in [1.807, 2.05) is 42.5 Å². The molecule has 0 aromatic heterocycles. The lowest BCUT2D eigenvalue weighted by Crippen LogP contribution is -2.31. The number of ether oxygens (including phenoxy) is 2. The van der Waals surface area contributed by atoms with Crippen LogP contribution in [0.15, 0.2) is 57.1 Å². The normalized spacial score (nSPS) is 17.7. The SMILES string of the molecule is CCCCC1S/C(=N/N=C/c2cc(Br)ccc2OC)N(Cc2ccc(OC)cc2)C1=O. The number of nitrogens with zero attached hydrogens (tertiary/aromatic N) is 3. The summed E-state index contributed by atoms with van der Waals surface area (Å²) in [6, 6.07) is 13.4. The molecule has 0 saturated carbocycles. The number of benzene rings is 2. The molecular formula is C23H26BrN3O3S. The highest BCUT2D eigenvalue weighted by atomic mass is 79.9. The Morgan fingerprint density at radius 2 is 1.94 bits per heavy atom. The van der Waals surface area contributed by atoms with E-state index < -0.39 is 0 Å². The number of rotatable bonds is 9. The van der Waals surface area contributed by atoms with Crippen molar-refractivity contribution in [3.05, 3.63) is 58.1 Å². The minimum absolute atomic E-state index is 0.0863. The largest absolute Gasteiger partial charge is 0.497 e. The Morgan fingerprint density at radius 3 is 2.61 bits per heavy atom. The van der Waals surface area contributed by atoms with Gasteiger partial charge in [-0.25, -0.2) is 0 Å². The molecular weight excluding hydrogens is 478 g/mol. The minimum Gasteiger partial charge on any atom is -0.497 e. The van der Waals surface area contributed by atoms with Gasteiger partial charge in [-0.15, -0.1) is 5.10 Å². The highest BCUT2D eigenvalue weighted by Gasteiger charge is 2.37. The van der Waals surface area contributed by atoms with Crippen LogP contribution in [0.1, 0.15) is 37.3 Å². The molecule has 1 fully saturated rings. The molecule has 1 aliphatic heterocycles. The van der Waals surface area contributed by atoms with Crippen molar-refractivity contribution in [2.24, 2.45) is 10.2 Å². The molecule has 3 rings (SSSR count). The third-order valence-corrected chi connectivity index (χ3v) is 6.60. The molecule has 6 nitrogen and oxygen atoms in total. The second-order valence-electron chi connectivity index (χ2n) is 7.03. The van der Waals surface area contributed by atoms with E-state index in [0.29, 0.717) is 17.5 Å². The quantitative estimate of drug-likeness (QED) is 0.335. The van der Waals surface area contributed by atoms with Crippen LogP contribution in [0.5, 0.6) is 11.5 Å². The molecule has 0 aliphatic carbocycles. The number of amides is 1. The molecule has 1 unspecified atom stereocenters. The zero-order chi connectivity index (χ0) is 22.2. The Hall–Kier alpha value is -2.32. The molecule has 1 saturated heterocycles. The summed E-state index contributed by atoms with van der Waals surface area (Å²) >= 11 is 4.95. The van der Waals surface area contributed by atoms with Gasteiger partial charge in [-0.1, -0.05) is 59.6 Å². The van der Waals surface area contributed by atoms with Gasteiger partial charge in [0.05, 0.1) is 32.2 Å². The van der Waals surface area contributed by atoms with Crippen molar-refractivity contribution in [2.75, 3.05) is 14.2 Å². The summed E-state index contributed by atoms with van der Waals surface area (Å²) in [6.45, 7) is 2.58. The van der Waals surface area contributed by atoms with Crippen LogP contribution in [0.2, 0.25) is 0 Å². The van der Waals surface area contributed by atoms with Crippen molar-refractivity contribution < 1.29 is 14.3 Å². The van der Waals surface area contributed by atoms with E-state index in [0.717, 1.165) is 40.6 Å². The second-order valence-corrected chi connectivity index (χ2v) is 9.12. The van der Waals surface area contributed by atoms with E-state index in [-0.39, 0.29) is 11.2 Å². The first-order valence-corrected chi connectivity index (χ1v) is 11.8. The first kappa shape index (κ1) is 23.3. The Labute approximate surface area is 195 Å². The van der Waals surface area contributed by atoms with Crippen molar-refractivity contribution in [2.45, 2.75) is 38.0 Å². The average Bonchev–Trinajstić information content (AvgIpc) is 3.07. The molecule has 1 heterocycles. The van der Waals surface area contributed by atoms with Gasteiger partial charge in [0.1, 0.15) is 11.5 Å². The zero-order valence-electron chi connectivity index (χ0n) is 17.9. The highest BCUT2D eigenvalue weighted by Crippen LogP contribution is 2.32. The van der Waals surface area contributed by atoms with Crippen molar-refractivity contribution >= 4 is 45.0 Å². The molecule has 0 spiro atoms. The number of carbonyl (C=O) groups excluding carboxylic acids is 1. The molecule has 8 heteroatoms. The first-order chi connectivity index (χ1) is 15.0. The van der Waals surface area contributed by atoms with Crippen molar-refractivity contribution in [3.8, 4) is 11.5 Å². The summed E-state index contributed by atoms with van der Waals surface area (Å²) < 4.78 is 11.5. The maximum Gasteiger partial charge on any atom is 0.242 e. The van der Waals surface area contributed by atoms with E-state index in [1.165, 1.54) is 11.8 Å². The fraction of sp³-hybridized carbons (Fsp3) is 0.348. The summed E-state index contributed by atoms with van der Waals surface area (Å²) in [4.78, 5) is 14.8. The van der Waals surface area contributed by atoms with E-state index in [4.69, 9.17) is 9.47 Å². The monoisotopic (exact) mass is 503 g/mol. The molecule has 164 valence electrons. The maximum absolute atomic E-state index is 13.0. The van der Waals surface area contributed by atoms with Gasteiger partial charge in [0, 0.05) is 10.0 Å². The Kier molecular flexibility index (Phi) is 8.54. The number of unbranched alkanes of at least 4 members (excludes halogenated alkanes) is 1. The predicted molar refractivity (Wildman–Crippen MR) is 130 cm³/mol. The Bertz CT molecular complexity index is 963.